The van der Waals surface area contributed by atoms with E-state index in [2.05, 4.69) is 0 Å². The highest BCUT2D eigenvalue weighted by molar-refractivity contribution is 6.32. The predicted molar refractivity (Wildman–Crippen MR) is 63.2 cm³/mol. The first kappa shape index (κ1) is 12.1. The Morgan fingerprint density at radius 3 is 2.65 bits per heavy atom. The molecule has 1 aromatic heterocycles. The van der Waals surface area contributed by atoms with Crippen molar-refractivity contribution in [1.82, 2.24) is 0 Å². The molecule has 5 heteroatoms. The van der Waals surface area contributed by atoms with Gasteiger partial charge in [0.15, 0.2) is 5.78 Å². The summed E-state index contributed by atoms with van der Waals surface area (Å²) >= 11 is 11.2. The molecule has 0 saturated carbocycles. The Balaban J connectivity index is 2.19. The van der Waals surface area contributed by atoms with E-state index in [9.17, 15) is 9.18 Å². The number of halogens is 3. The molecule has 0 radical (unpaired) electrons. The summed E-state index contributed by atoms with van der Waals surface area (Å²) in [4.78, 5) is 11.8. The van der Waals surface area contributed by atoms with Crippen LogP contribution in [0.1, 0.15) is 15.9 Å². The smallest absolute Gasteiger partial charge is 0.203 e. The van der Waals surface area contributed by atoms with Crippen molar-refractivity contribution in [3.63, 3.8) is 0 Å². The number of furan rings is 1. The van der Waals surface area contributed by atoms with E-state index in [0.29, 0.717) is 11.1 Å². The monoisotopic (exact) mass is 272 g/mol. The molecular weight excluding hydrogens is 266 g/mol. The number of Topliss-reactive ketones (excluding diaryl/α,β-unsaturated/α-hetero) is 1. The van der Waals surface area contributed by atoms with E-state index in [0.717, 1.165) is 0 Å². The zero-order valence-electron chi connectivity index (χ0n) is 8.54. The van der Waals surface area contributed by atoms with Gasteiger partial charge in [0.1, 0.15) is 5.82 Å². The Morgan fingerprint density at radius 1 is 1.29 bits per heavy atom. The summed E-state index contributed by atoms with van der Waals surface area (Å²) in [6.45, 7) is 0. The minimum Gasteiger partial charge on any atom is -0.452 e. The molecule has 17 heavy (non-hydrogen) atoms. The summed E-state index contributed by atoms with van der Waals surface area (Å²) < 4.78 is 18.0. The SMILES string of the molecule is O=C(Cc1ccc(Cl)c(F)c1)c1ccoc1Cl. The fraction of sp³-hybridized carbons (Fsp3) is 0.0833. The number of hydrogen-bond acceptors (Lipinski definition) is 2. The Morgan fingerprint density at radius 2 is 2.06 bits per heavy atom. The highest BCUT2D eigenvalue weighted by Crippen LogP contribution is 2.20. The van der Waals surface area contributed by atoms with E-state index in [1.807, 2.05) is 0 Å². The van der Waals surface area contributed by atoms with Gasteiger partial charge < -0.3 is 4.42 Å². The van der Waals surface area contributed by atoms with E-state index < -0.39 is 5.82 Å². The molecule has 0 amide bonds. The van der Waals surface area contributed by atoms with Gasteiger partial charge in [-0.3, -0.25) is 4.79 Å². The maximum atomic E-state index is 13.2. The molecule has 2 aromatic rings. The van der Waals surface area contributed by atoms with Gasteiger partial charge in [-0.25, -0.2) is 4.39 Å². The Bertz CT molecular complexity index is 563. The van der Waals surface area contributed by atoms with Crippen molar-refractivity contribution in [2.45, 2.75) is 6.42 Å². The molecule has 0 N–H and O–H groups in total. The zero-order chi connectivity index (χ0) is 12.4. The van der Waals surface area contributed by atoms with E-state index in [4.69, 9.17) is 27.6 Å². The molecule has 2 nitrogen and oxygen atoms in total. The molecule has 1 heterocycles. The molecule has 0 atom stereocenters. The number of benzene rings is 1. The van der Waals surface area contributed by atoms with Crippen LogP contribution in [0.15, 0.2) is 34.9 Å². The summed E-state index contributed by atoms with van der Waals surface area (Å²) in [5, 5.41) is 0.0759. The first-order valence-corrected chi connectivity index (χ1v) is 5.53. The largest absolute Gasteiger partial charge is 0.452 e. The molecule has 0 aliphatic rings. The second kappa shape index (κ2) is 4.90. The third-order valence-corrected chi connectivity index (χ3v) is 2.87. The van der Waals surface area contributed by atoms with Crippen LogP contribution in [0.2, 0.25) is 10.2 Å². The lowest BCUT2D eigenvalue weighted by Crippen LogP contribution is -2.03. The van der Waals surface area contributed by atoms with Crippen LogP contribution in [-0.2, 0) is 6.42 Å². The standard InChI is InChI=1S/C12H7Cl2FO2/c13-9-2-1-7(5-10(9)15)6-11(16)8-3-4-17-12(8)14/h1-5H,6H2. The first-order chi connectivity index (χ1) is 8.08. The Labute approximate surface area is 107 Å². The van der Waals surface area contributed by atoms with Crippen LogP contribution < -0.4 is 0 Å². The Hall–Kier alpha value is -1.32. The summed E-state index contributed by atoms with van der Waals surface area (Å²) in [5.74, 6) is -0.777. The van der Waals surface area contributed by atoms with Crippen LogP contribution in [0, 0.1) is 5.82 Å². The Kier molecular flexibility index (Phi) is 3.50. The van der Waals surface area contributed by atoms with Crippen molar-refractivity contribution in [1.29, 1.82) is 0 Å². The minimum atomic E-state index is -0.546. The summed E-state index contributed by atoms with van der Waals surface area (Å²) in [6.07, 6.45) is 1.38. The van der Waals surface area contributed by atoms with Crippen molar-refractivity contribution < 1.29 is 13.6 Å². The fourth-order valence-electron chi connectivity index (χ4n) is 1.42. The van der Waals surface area contributed by atoms with Crippen molar-refractivity contribution in [3.8, 4) is 0 Å². The van der Waals surface area contributed by atoms with Gasteiger partial charge in [-0.15, -0.1) is 0 Å². The lowest BCUT2D eigenvalue weighted by molar-refractivity contribution is 0.0992. The normalized spacial score (nSPS) is 10.5. The van der Waals surface area contributed by atoms with Gasteiger partial charge >= 0.3 is 0 Å². The van der Waals surface area contributed by atoms with E-state index >= 15 is 0 Å². The number of carbonyl (C=O) groups excluding carboxylic acids is 1. The average molecular weight is 273 g/mol. The van der Waals surface area contributed by atoms with Crippen molar-refractivity contribution in [3.05, 3.63) is 57.7 Å². The van der Waals surface area contributed by atoms with Crippen LogP contribution in [0.4, 0.5) is 4.39 Å². The van der Waals surface area contributed by atoms with Gasteiger partial charge in [-0.05, 0) is 35.4 Å². The summed E-state index contributed by atoms with van der Waals surface area (Å²) in [6, 6.07) is 5.72. The number of ketones is 1. The summed E-state index contributed by atoms with van der Waals surface area (Å²) in [7, 11) is 0. The van der Waals surface area contributed by atoms with E-state index in [-0.39, 0.29) is 22.4 Å². The molecule has 0 fully saturated rings. The van der Waals surface area contributed by atoms with Gasteiger partial charge in [-0.2, -0.15) is 0 Å². The highest BCUT2D eigenvalue weighted by Gasteiger charge is 2.14. The summed E-state index contributed by atoms with van der Waals surface area (Å²) in [5.41, 5.74) is 0.830. The van der Waals surface area contributed by atoms with Gasteiger partial charge in [-0.1, -0.05) is 17.7 Å². The molecule has 0 bridgehead atoms. The molecule has 1 aromatic carbocycles. The molecule has 0 saturated heterocycles. The quantitative estimate of drug-likeness (QED) is 0.786. The molecule has 0 aliphatic heterocycles. The van der Waals surface area contributed by atoms with E-state index in [1.54, 1.807) is 6.07 Å². The van der Waals surface area contributed by atoms with Crippen LogP contribution in [0.3, 0.4) is 0 Å². The first-order valence-electron chi connectivity index (χ1n) is 4.78. The number of carbonyl (C=O) groups is 1. The lowest BCUT2D eigenvalue weighted by atomic mass is 10.1. The van der Waals surface area contributed by atoms with Crippen molar-refractivity contribution in [2.75, 3.05) is 0 Å². The number of hydrogen-bond donors (Lipinski definition) is 0. The molecule has 2 rings (SSSR count). The molecular formula is C12H7Cl2FO2. The molecule has 0 spiro atoms. The van der Waals surface area contributed by atoms with Gasteiger partial charge in [0, 0.05) is 6.42 Å². The average Bonchev–Trinajstić information content (AvgIpc) is 2.70. The zero-order valence-corrected chi connectivity index (χ0v) is 10.1. The van der Waals surface area contributed by atoms with Crippen molar-refractivity contribution in [2.24, 2.45) is 0 Å². The lowest BCUT2D eigenvalue weighted by Gasteiger charge is -2.01. The van der Waals surface area contributed by atoms with Crippen molar-refractivity contribution >= 4 is 29.0 Å². The molecule has 88 valence electrons. The van der Waals surface area contributed by atoms with E-state index in [1.165, 1.54) is 24.5 Å². The molecule has 0 aliphatic carbocycles. The van der Waals surface area contributed by atoms with Crippen LogP contribution >= 0.6 is 23.2 Å². The van der Waals surface area contributed by atoms with Crippen LogP contribution in [-0.4, -0.2) is 5.78 Å². The fourth-order valence-corrected chi connectivity index (χ4v) is 1.76. The van der Waals surface area contributed by atoms with Crippen LogP contribution in [0.25, 0.3) is 0 Å². The number of rotatable bonds is 3. The third kappa shape index (κ3) is 2.68. The maximum Gasteiger partial charge on any atom is 0.203 e. The topological polar surface area (TPSA) is 30.2 Å². The maximum absolute atomic E-state index is 13.2. The third-order valence-electron chi connectivity index (χ3n) is 2.27. The predicted octanol–water partition coefficient (Wildman–Crippen LogP) is 4.15. The second-order valence-corrected chi connectivity index (χ2v) is 4.21. The van der Waals surface area contributed by atoms with Gasteiger partial charge in [0.2, 0.25) is 5.22 Å². The highest BCUT2D eigenvalue weighted by atomic mass is 35.5. The second-order valence-electron chi connectivity index (χ2n) is 3.46. The van der Waals surface area contributed by atoms with Crippen LogP contribution in [0.5, 0.6) is 0 Å². The van der Waals surface area contributed by atoms with Gasteiger partial charge in [0.05, 0.1) is 16.8 Å². The van der Waals surface area contributed by atoms with Gasteiger partial charge in [0.25, 0.3) is 0 Å². The minimum absolute atomic E-state index is 0.0301. The molecule has 0 unspecified atom stereocenters.